The number of thiophene rings is 1. The van der Waals surface area contributed by atoms with Gasteiger partial charge in [0.1, 0.15) is 10.6 Å². The molecule has 4 N–H and O–H groups in total. The molecular weight excluding hydrogens is 347 g/mol. The number of hydrogen-bond acceptors (Lipinski definition) is 7. The standard InChI is InChI=1S/C12H9N2O5PS2/c13-12-14-9(6-3-4-8(19-6)20(16,17)18)11(22-12)10(15)7-2-1-5-21-7/h1-5H,(H2,13,14)(H2,16,17,18). The lowest BCUT2D eigenvalue weighted by Crippen LogP contribution is -1.99. The van der Waals surface area contributed by atoms with Crippen molar-refractivity contribution in [2.75, 3.05) is 5.73 Å². The van der Waals surface area contributed by atoms with Crippen molar-refractivity contribution in [1.29, 1.82) is 0 Å². The molecule has 0 spiro atoms. The second-order valence-electron chi connectivity index (χ2n) is 4.22. The van der Waals surface area contributed by atoms with E-state index in [0.717, 1.165) is 17.4 Å². The summed E-state index contributed by atoms with van der Waals surface area (Å²) in [5.74, 6) is -0.167. The van der Waals surface area contributed by atoms with E-state index in [-0.39, 0.29) is 27.2 Å². The van der Waals surface area contributed by atoms with E-state index in [9.17, 15) is 9.36 Å². The number of furan rings is 1. The van der Waals surface area contributed by atoms with Crippen molar-refractivity contribution in [3.63, 3.8) is 0 Å². The van der Waals surface area contributed by atoms with E-state index in [2.05, 4.69) is 4.98 Å². The third-order valence-electron chi connectivity index (χ3n) is 2.71. The Hall–Kier alpha value is -1.77. The molecule has 3 heterocycles. The monoisotopic (exact) mass is 356 g/mol. The minimum atomic E-state index is -4.50. The maximum absolute atomic E-state index is 12.4. The second kappa shape index (κ2) is 5.45. The number of anilines is 1. The van der Waals surface area contributed by atoms with Crippen LogP contribution in [0.3, 0.4) is 0 Å². The van der Waals surface area contributed by atoms with Crippen LogP contribution < -0.4 is 11.2 Å². The van der Waals surface area contributed by atoms with Crippen LogP contribution in [0.4, 0.5) is 5.13 Å². The molecule has 114 valence electrons. The summed E-state index contributed by atoms with van der Waals surface area (Å²) in [6, 6.07) is 5.94. The van der Waals surface area contributed by atoms with E-state index in [1.807, 2.05) is 0 Å². The fourth-order valence-corrected chi connectivity index (χ4v) is 3.80. The number of carbonyl (C=O) groups is 1. The lowest BCUT2D eigenvalue weighted by molar-refractivity contribution is 0.104. The largest absolute Gasteiger partial charge is 0.446 e. The van der Waals surface area contributed by atoms with E-state index in [4.69, 9.17) is 19.9 Å². The molecule has 3 rings (SSSR count). The normalized spacial score (nSPS) is 11.7. The van der Waals surface area contributed by atoms with Gasteiger partial charge >= 0.3 is 7.60 Å². The molecule has 0 atom stereocenters. The number of nitrogens with zero attached hydrogens (tertiary/aromatic N) is 1. The minimum Gasteiger partial charge on any atom is -0.446 e. The summed E-state index contributed by atoms with van der Waals surface area (Å²) in [4.78, 5) is 35.5. The molecule has 0 saturated heterocycles. The predicted molar refractivity (Wildman–Crippen MR) is 83.7 cm³/mol. The fourth-order valence-electron chi connectivity index (χ4n) is 1.79. The van der Waals surface area contributed by atoms with Crippen molar-refractivity contribution < 1.29 is 23.6 Å². The zero-order valence-corrected chi connectivity index (χ0v) is 13.3. The average molecular weight is 356 g/mol. The van der Waals surface area contributed by atoms with Crippen LogP contribution in [0.15, 0.2) is 34.1 Å². The molecule has 0 aliphatic heterocycles. The summed E-state index contributed by atoms with van der Waals surface area (Å²) in [5, 5.41) is 1.94. The first kappa shape index (κ1) is 15.1. The van der Waals surface area contributed by atoms with Gasteiger partial charge in [0.05, 0.1) is 4.88 Å². The van der Waals surface area contributed by atoms with E-state index < -0.39 is 13.1 Å². The molecule has 0 radical (unpaired) electrons. The van der Waals surface area contributed by atoms with Gasteiger partial charge in [-0.1, -0.05) is 17.4 Å². The van der Waals surface area contributed by atoms with Gasteiger partial charge in [-0.05, 0) is 23.6 Å². The molecule has 10 heteroatoms. The van der Waals surface area contributed by atoms with Crippen molar-refractivity contribution >= 4 is 46.7 Å². The Morgan fingerprint density at radius 2 is 2.09 bits per heavy atom. The van der Waals surface area contributed by atoms with Crippen LogP contribution in [-0.2, 0) is 4.57 Å². The summed E-state index contributed by atoms with van der Waals surface area (Å²) in [7, 11) is -4.50. The first-order valence-corrected chi connectivity index (χ1v) is 9.18. The van der Waals surface area contributed by atoms with Gasteiger partial charge in [-0.15, -0.1) is 11.3 Å². The number of aromatic nitrogens is 1. The Morgan fingerprint density at radius 1 is 1.32 bits per heavy atom. The van der Waals surface area contributed by atoms with Crippen LogP contribution in [0.2, 0.25) is 0 Å². The van der Waals surface area contributed by atoms with Crippen LogP contribution in [0, 0.1) is 0 Å². The van der Waals surface area contributed by atoms with Crippen LogP contribution in [0.25, 0.3) is 11.5 Å². The molecule has 0 unspecified atom stereocenters. The van der Waals surface area contributed by atoms with Crippen molar-refractivity contribution in [3.05, 3.63) is 39.4 Å². The van der Waals surface area contributed by atoms with Gasteiger partial charge in [-0.2, -0.15) is 0 Å². The second-order valence-corrected chi connectivity index (χ2v) is 7.73. The fraction of sp³-hybridized carbons (Fsp3) is 0. The van der Waals surface area contributed by atoms with Gasteiger partial charge in [0.15, 0.2) is 10.9 Å². The van der Waals surface area contributed by atoms with Crippen molar-refractivity contribution in [1.82, 2.24) is 4.98 Å². The number of nitrogens with two attached hydrogens (primary N) is 1. The number of rotatable bonds is 4. The molecule has 0 aliphatic carbocycles. The first-order chi connectivity index (χ1) is 10.4. The number of hydrogen-bond donors (Lipinski definition) is 3. The van der Waals surface area contributed by atoms with E-state index >= 15 is 0 Å². The third kappa shape index (κ3) is 2.77. The number of thiazole rings is 1. The third-order valence-corrected chi connectivity index (χ3v) is 5.27. The summed E-state index contributed by atoms with van der Waals surface area (Å²) in [6.07, 6.45) is 0. The molecular formula is C12H9N2O5PS2. The zero-order chi connectivity index (χ0) is 15.9. The number of nitrogen functional groups attached to an aromatic ring is 1. The van der Waals surface area contributed by atoms with Crippen molar-refractivity contribution in [3.8, 4) is 11.5 Å². The quantitative estimate of drug-likeness (QED) is 0.482. The molecule has 7 nitrogen and oxygen atoms in total. The summed E-state index contributed by atoms with van der Waals surface area (Å²) in [6.45, 7) is 0. The number of ketones is 1. The van der Waals surface area contributed by atoms with Gasteiger partial charge < -0.3 is 19.9 Å². The highest BCUT2D eigenvalue weighted by molar-refractivity contribution is 7.59. The Bertz CT molecular complexity index is 877. The molecule has 22 heavy (non-hydrogen) atoms. The Kier molecular flexibility index (Phi) is 3.75. The Labute approximate surface area is 132 Å². The van der Waals surface area contributed by atoms with E-state index in [1.54, 1.807) is 17.5 Å². The summed E-state index contributed by atoms with van der Waals surface area (Å²) >= 11 is 2.28. The maximum atomic E-state index is 12.4. The number of carbonyl (C=O) groups excluding carboxylic acids is 1. The Balaban J connectivity index is 2.07. The summed E-state index contributed by atoms with van der Waals surface area (Å²) < 4.78 is 16.3. The van der Waals surface area contributed by atoms with Gasteiger partial charge in [-0.3, -0.25) is 9.36 Å². The molecule has 0 fully saturated rings. The minimum absolute atomic E-state index is 0.0891. The lowest BCUT2D eigenvalue weighted by Gasteiger charge is -1.99. The highest BCUT2D eigenvalue weighted by Gasteiger charge is 2.26. The van der Waals surface area contributed by atoms with Crippen LogP contribution in [-0.4, -0.2) is 20.6 Å². The first-order valence-electron chi connectivity index (χ1n) is 5.87. The van der Waals surface area contributed by atoms with Gasteiger partial charge in [0.25, 0.3) is 0 Å². The molecule has 3 aromatic rings. The average Bonchev–Trinajstić information content (AvgIpc) is 3.17. The Morgan fingerprint density at radius 3 is 2.68 bits per heavy atom. The molecule has 3 aromatic heterocycles. The lowest BCUT2D eigenvalue weighted by atomic mass is 10.2. The molecule has 0 aromatic carbocycles. The van der Waals surface area contributed by atoms with Crippen molar-refractivity contribution in [2.24, 2.45) is 0 Å². The maximum Gasteiger partial charge on any atom is 0.391 e. The highest BCUT2D eigenvalue weighted by Crippen LogP contribution is 2.37. The van der Waals surface area contributed by atoms with Crippen LogP contribution in [0.1, 0.15) is 14.5 Å². The van der Waals surface area contributed by atoms with E-state index in [0.29, 0.717) is 4.88 Å². The van der Waals surface area contributed by atoms with E-state index in [1.165, 1.54) is 17.4 Å². The van der Waals surface area contributed by atoms with Crippen LogP contribution >= 0.6 is 30.3 Å². The summed E-state index contributed by atoms with van der Waals surface area (Å²) in [5.41, 5.74) is 5.36. The predicted octanol–water partition coefficient (Wildman–Crippen LogP) is 2.08. The van der Waals surface area contributed by atoms with Crippen LogP contribution in [0.5, 0.6) is 0 Å². The molecule has 0 bridgehead atoms. The van der Waals surface area contributed by atoms with Crippen molar-refractivity contribution in [2.45, 2.75) is 0 Å². The topological polar surface area (TPSA) is 127 Å². The van der Waals surface area contributed by atoms with Gasteiger partial charge in [0, 0.05) is 0 Å². The smallest absolute Gasteiger partial charge is 0.391 e. The van der Waals surface area contributed by atoms with Gasteiger partial charge in [0.2, 0.25) is 11.3 Å². The zero-order valence-electron chi connectivity index (χ0n) is 10.8. The molecule has 0 saturated carbocycles. The molecule has 0 amide bonds. The van der Waals surface area contributed by atoms with Gasteiger partial charge in [-0.25, -0.2) is 4.98 Å². The molecule has 0 aliphatic rings. The SMILES string of the molecule is Nc1nc(-c2ccc(P(=O)(O)O)o2)c(C(=O)c2cccs2)s1. The highest BCUT2D eigenvalue weighted by atomic mass is 32.1.